The van der Waals surface area contributed by atoms with Gasteiger partial charge < -0.3 is 14.5 Å². The van der Waals surface area contributed by atoms with Crippen LogP contribution in [-0.2, 0) is 11.2 Å². The fourth-order valence-electron chi connectivity index (χ4n) is 2.63. The van der Waals surface area contributed by atoms with Gasteiger partial charge in [-0.15, -0.1) is 0 Å². The molecular weight excluding hydrogens is 296 g/mol. The summed E-state index contributed by atoms with van der Waals surface area (Å²) in [5.41, 5.74) is 0. The number of aliphatic hydroxyl groups is 1. The molecule has 0 bridgehead atoms. The van der Waals surface area contributed by atoms with Crippen molar-refractivity contribution in [1.29, 1.82) is 0 Å². The fraction of sp³-hybridized carbons (Fsp3) is 0.812. The van der Waals surface area contributed by atoms with Crippen molar-refractivity contribution in [3.63, 3.8) is 0 Å². The van der Waals surface area contributed by atoms with E-state index in [1.54, 1.807) is 0 Å². The molecule has 1 aliphatic rings. The zero-order valence-electron chi connectivity index (χ0n) is 14.4. The minimum absolute atomic E-state index is 0.0805. The number of aryl methyl sites for hydroxylation is 1. The van der Waals surface area contributed by atoms with Crippen LogP contribution >= 0.6 is 0 Å². The Bertz CT molecular complexity index is 497. The molecule has 2 rings (SSSR count). The molecule has 1 fully saturated rings. The van der Waals surface area contributed by atoms with E-state index in [0.717, 1.165) is 25.1 Å². The van der Waals surface area contributed by atoms with Gasteiger partial charge in [0.15, 0.2) is 5.82 Å². The van der Waals surface area contributed by atoms with E-state index in [9.17, 15) is 9.90 Å². The van der Waals surface area contributed by atoms with Crippen LogP contribution in [0.15, 0.2) is 4.52 Å². The molecule has 7 nitrogen and oxygen atoms in total. The van der Waals surface area contributed by atoms with E-state index in [1.165, 1.54) is 0 Å². The Balaban J connectivity index is 1.85. The van der Waals surface area contributed by atoms with Gasteiger partial charge in [-0.1, -0.05) is 18.5 Å². The number of likely N-dealkylation sites (N-methyl/N-ethyl adjacent to an activating group) is 1. The Morgan fingerprint density at radius 3 is 2.83 bits per heavy atom. The highest BCUT2D eigenvalue weighted by atomic mass is 16.5. The molecule has 1 N–H and O–H groups in total. The number of nitrogens with zero attached hydrogens (tertiary/aromatic N) is 4. The van der Waals surface area contributed by atoms with Crippen molar-refractivity contribution in [2.75, 3.05) is 26.7 Å². The van der Waals surface area contributed by atoms with Gasteiger partial charge in [-0.2, -0.15) is 4.98 Å². The summed E-state index contributed by atoms with van der Waals surface area (Å²) in [4.78, 5) is 20.5. The highest BCUT2D eigenvalue weighted by Gasteiger charge is 2.25. The molecule has 0 saturated carbocycles. The van der Waals surface area contributed by atoms with E-state index >= 15 is 0 Å². The largest absolute Gasteiger partial charge is 0.393 e. The van der Waals surface area contributed by atoms with Crippen molar-refractivity contribution in [1.82, 2.24) is 19.9 Å². The Morgan fingerprint density at radius 2 is 2.17 bits per heavy atom. The summed E-state index contributed by atoms with van der Waals surface area (Å²) in [5, 5.41) is 13.5. The average molecular weight is 324 g/mol. The lowest BCUT2D eigenvalue weighted by atomic mass is 10.1. The zero-order chi connectivity index (χ0) is 16.8. The Hall–Kier alpha value is -1.47. The minimum Gasteiger partial charge on any atom is -0.393 e. The fourth-order valence-corrected chi connectivity index (χ4v) is 2.63. The third-order valence-electron chi connectivity index (χ3n) is 4.46. The summed E-state index contributed by atoms with van der Waals surface area (Å²) < 4.78 is 5.32. The van der Waals surface area contributed by atoms with Crippen LogP contribution < -0.4 is 0 Å². The van der Waals surface area contributed by atoms with Crippen molar-refractivity contribution in [3.05, 3.63) is 11.7 Å². The monoisotopic (exact) mass is 324 g/mol. The van der Waals surface area contributed by atoms with Crippen molar-refractivity contribution in [2.45, 2.75) is 58.1 Å². The molecule has 1 aromatic heterocycles. The average Bonchev–Trinajstić information content (AvgIpc) is 3.01. The van der Waals surface area contributed by atoms with E-state index in [2.05, 4.69) is 17.1 Å². The SMILES string of the molecule is CCCCc1noc(C(C)N(C)CC(=O)N2CCC(O)CC2)n1. The summed E-state index contributed by atoms with van der Waals surface area (Å²) in [5.74, 6) is 1.37. The standard InChI is InChI=1S/C16H28N4O3/c1-4-5-6-14-17-16(23-18-14)12(2)19(3)11-15(22)20-9-7-13(21)8-10-20/h12-13,21H,4-11H2,1-3H3. The lowest BCUT2D eigenvalue weighted by Gasteiger charge is -2.31. The van der Waals surface area contributed by atoms with Gasteiger partial charge in [0.1, 0.15) is 0 Å². The van der Waals surface area contributed by atoms with Crippen LogP contribution in [0.3, 0.4) is 0 Å². The molecule has 1 aromatic rings. The second-order valence-corrected chi connectivity index (χ2v) is 6.36. The first kappa shape index (κ1) is 17.9. The van der Waals surface area contributed by atoms with Crippen LogP contribution in [0.25, 0.3) is 0 Å². The van der Waals surface area contributed by atoms with Crippen LogP contribution in [0.5, 0.6) is 0 Å². The number of hydrogen-bond acceptors (Lipinski definition) is 6. The number of aliphatic hydroxyl groups excluding tert-OH is 1. The summed E-state index contributed by atoms with van der Waals surface area (Å²) in [7, 11) is 1.89. The van der Waals surface area contributed by atoms with Gasteiger partial charge in [0.25, 0.3) is 0 Å². The summed E-state index contributed by atoms with van der Waals surface area (Å²) in [6.07, 6.45) is 4.02. The highest BCUT2D eigenvalue weighted by molar-refractivity contribution is 5.78. The molecule has 1 amide bonds. The maximum Gasteiger partial charge on any atom is 0.243 e. The predicted octanol–water partition coefficient (Wildman–Crippen LogP) is 1.39. The second-order valence-electron chi connectivity index (χ2n) is 6.36. The first-order chi connectivity index (χ1) is 11.0. The number of aromatic nitrogens is 2. The summed E-state index contributed by atoms with van der Waals surface area (Å²) in [6, 6.07) is -0.0998. The Kier molecular flexibility index (Phi) is 6.53. The van der Waals surface area contributed by atoms with Gasteiger partial charge in [0.05, 0.1) is 18.7 Å². The van der Waals surface area contributed by atoms with E-state index in [-0.39, 0.29) is 18.1 Å². The van der Waals surface area contributed by atoms with Crippen molar-refractivity contribution >= 4 is 5.91 Å². The molecule has 0 spiro atoms. The summed E-state index contributed by atoms with van der Waals surface area (Å²) in [6.45, 7) is 5.66. The molecule has 0 aromatic carbocycles. The van der Waals surface area contributed by atoms with Crippen molar-refractivity contribution in [3.8, 4) is 0 Å². The third kappa shape index (κ3) is 5.00. The molecular formula is C16H28N4O3. The van der Waals surface area contributed by atoms with Gasteiger partial charge in [-0.3, -0.25) is 9.69 Å². The van der Waals surface area contributed by atoms with Crippen LogP contribution in [0.4, 0.5) is 0 Å². The molecule has 0 radical (unpaired) electrons. The third-order valence-corrected chi connectivity index (χ3v) is 4.46. The van der Waals surface area contributed by atoms with Gasteiger partial charge in [0, 0.05) is 19.5 Å². The normalized spacial score (nSPS) is 17.7. The Labute approximate surface area is 137 Å². The van der Waals surface area contributed by atoms with E-state index in [0.29, 0.717) is 38.4 Å². The number of carbonyl (C=O) groups is 1. The van der Waals surface area contributed by atoms with Gasteiger partial charge >= 0.3 is 0 Å². The van der Waals surface area contributed by atoms with Crippen LogP contribution in [0, 0.1) is 0 Å². The molecule has 1 atom stereocenters. The quantitative estimate of drug-likeness (QED) is 0.816. The van der Waals surface area contributed by atoms with Gasteiger partial charge in [-0.25, -0.2) is 0 Å². The molecule has 130 valence electrons. The molecule has 1 aliphatic heterocycles. The molecule has 1 saturated heterocycles. The number of carbonyl (C=O) groups excluding carboxylic acids is 1. The number of piperidine rings is 1. The maximum atomic E-state index is 12.3. The van der Waals surface area contributed by atoms with Crippen LogP contribution in [0.2, 0.25) is 0 Å². The van der Waals surface area contributed by atoms with Crippen LogP contribution in [0.1, 0.15) is 57.3 Å². The second kappa shape index (κ2) is 8.40. The van der Waals surface area contributed by atoms with Gasteiger partial charge in [0.2, 0.25) is 11.8 Å². The molecule has 23 heavy (non-hydrogen) atoms. The lowest BCUT2D eigenvalue weighted by Crippen LogP contribution is -2.44. The van der Waals surface area contributed by atoms with E-state index in [1.807, 2.05) is 23.8 Å². The maximum absolute atomic E-state index is 12.3. The van der Waals surface area contributed by atoms with Crippen molar-refractivity contribution < 1.29 is 14.4 Å². The molecule has 0 aliphatic carbocycles. The minimum atomic E-state index is -0.268. The van der Waals surface area contributed by atoms with Gasteiger partial charge in [-0.05, 0) is 33.2 Å². The Morgan fingerprint density at radius 1 is 1.48 bits per heavy atom. The van der Waals surface area contributed by atoms with E-state index in [4.69, 9.17) is 4.52 Å². The zero-order valence-corrected chi connectivity index (χ0v) is 14.4. The highest BCUT2D eigenvalue weighted by Crippen LogP contribution is 2.18. The number of rotatable bonds is 7. The first-order valence-corrected chi connectivity index (χ1v) is 8.49. The number of hydrogen-bond donors (Lipinski definition) is 1. The summed E-state index contributed by atoms with van der Waals surface area (Å²) >= 11 is 0. The smallest absolute Gasteiger partial charge is 0.243 e. The molecule has 7 heteroatoms. The van der Waals surface area contributed by atoms with Crippen molar-refractivity contribution in [2.24, 2.45) is 0 Å². The molecule has 1 unspecified atom stereocenters. The molecule has 2 heterocycles. The first-order valence-electron chi connectivity index (χ1n) is 8.49. The number of likely N-dealkylation sites (tertiary alicyclic amines) is 1. The predicted molar refractivity (Wildman–Crippen MR) is 85.8 cm³/mol. The number of amides is 1. The lowest BCUT2D eigenvalue weighted by molar-refractivity contribution is -0.134. The topological polar surface area (TPSA) is 82.7 Å². The number of unbranched alkanes of at least 4 members (excludes halogenated alkanes) is 1. The van der Waals surface area contributed by atoms with E-state index < -0.39 is 0 Å². The van der Waals surface area contributed by atoms with Crippen LogP contribution in [-0.4, -0.2) is 63.7 Å².